The second-order valence-corrected chi connectivity index (χ2v) is 12.5. The monoisotopic (exact) mass is 548 g/mol. The number of rotatable bonds is 3. The Morgan fingerprint density at radius 2 is 1.74 bits per heavy atom. The molecule has 8 N–H and O–H groups in total. The van der Waals surface area contributed by atoms with E-state index in [1.807, 2.05) is 33.1 Å². The van der Waals surface area contributed by atoms with Crippen molar-refractivity contribution < 1.29 is 40.2 Å². The maximum Gasteiger partial charge on any atom is 0.202 e. The van der Waals surface area contributed by atoms with Crippen LogP contribution >= 0.6 is 11.8 Å². The summed E-state index contributed by atoms with van der Waals surface area (Å²) in [7, 11) is 3.01. The number of nitrogens with two attached hydrogens (primary N) is 1. The number of thioether (sulfide) groups is 1. The number of hydrogen-bond donors (Lipinski definition) is 7. The smallest absolute Gasteiger partial charge is 0.202 e. The molecule has 3 aliphatic carbocycles. The lowest BCUT2D eigenvalue weighted by molar-refractivity contribution is -0.170. The molecule has 1 aromatic carbocycles. The highest BCUT2D eigenvalue weighted by molar-refractivity contribution is 7.98. The van der Waals surface area contributed by atoms with Crippen LogP contribution in [0.25, 0.3) is 5.76 Å². The molecule has 1 unspecified atom stereocenters. The first-order chi connectivity index (χ1) is 17.4. The first-order valence-corrected chi connectivity index (χ1v) is 13.6. The zero-order valence-corrected chi connectivity index (χ0v) is 23.3. The van der Waals surface area contributed by atoms with E-state index in [-0.39, 0.29) is 16.9 Å². The van der Waals surface area contributed by atoms with Gasteiger partial charge in [-0.2, -0.15) is 0 Å². The number of ketones is 2. The Kier molecular flexibility index (Phi) is 6.83. The summed E-state index contributed by atoms with van der Waals surface area (Å²) in [6.45, 7) is 7.42. The van der Waals surface area contributed by atoms with Gasteiger partial charge in [-0.25, -0.2) is 0 Å². The minimum Gasteiger partial charge on any atom is -0.508 e. The zero-order chi connectivity index (χ0) is 28.8. The van der Waals surface area contributed by atoms with E-state index in [9.17, 15) is 40.2 Å². The van der Waals surface area contributed by atoms with Gasteiger partial charge in [0.25, 0.3) is 0 Å². The Balaban J connectivity index is 2.10. The van der Waals surface area contributed by atoms with Gasteiger partial charge in [0.1, 0.15) is 23.5 Å². The van der Waals surface area contributed by atoms with Crippen molar-refractivity contribution in [3.63, 3.8) is 0 Å². The summed E-state index contributed by atoms with van der Waals surface area (Å²) in [4.78, 5) is 29.6. The number of phenolic OH excluding ortho intramolecular Hbond substituents is 1. The van der Waals surface area contributed by atoms with E-state index in [1.165, 1.54) is 30.8 Å². The summed E-state index contributed by atoms with van der Waals surface area (Å²) in [6, 6.07) is 0.508. The molecule has 1 fully saturated rings. The summed E-state index contributed by atoms with van der Waals surface area (Å²) in [5, 5.41) is 67.6. The highest BCUT2D eigenvalue weighted by Crippen LogP contribution is 2.58. The van der Waals surface area contributed by atoms with Gasteiger partial charge in [0.15, 0.2) is 11.4 Å². The molecule has 0 amide bonds. The molecule has 0 bridgehead atoms. The van der Waals surface area contributed by atoms with Gasteiger partial charge < -0.3 is 36.4 Å². The zero-order valence-electron chi connectivity index (χ0n) is 22.5. The Bertz CT molecular complexity index is 1290. The number of carbonyl (C=O) groups is 2. The van der Waals surface area contributed by atoms with E-state index in [0.717, 1.165) is 4.90 Å². The third-order valence-corrected chi connectivity index (χ3v) is 9.08. The second kappa shape index (κ2) is 9.07. The first-order valence-electron chi connectivity index (χ1n) is 12.3. The van der Waals surface area contributed by atoms with Crippen LogP contribution in [0, 0.1) is 11.8 Å². The quantitative estimate of drug-likeness (QED) is 0.213. The SMILES string of the molecule is CSc1cc(C(C)(C)C)c(O)c2c1[C@H](C)[C@@H]1C(=C2O)C(=O)[C@]2(O)C(O)=C(C(N)O)C(=O)[C@@H](N(C)C)[C@@H]2[C@H]1O. The number of aromatic hydroxyl groups is 1. The first kappa shape index (κ1) is 28.6. The number of aliphatic hydroxyl groups is 5. The minimum atomic E-state index is -2.87. The van der Waals surface area contributed by atoms with Gasteiger partial charge in [0, 0.05) is 21.9 Å². The number of fused-ring (bicyclic) bond motifs is 3. The van der Waals surface area contributed by atoms with Crippen LogP contribution in [-0.4, -0.2) is 91.4 Å². The van der Waals surface area contributed by atoms with Crippen LogP contribution in [0.1, 0.15) is 50.3 Å². The van der Waals surface area contributed by atoms with Crippen LogP contribution < -0.4 is 5.73 Å². The van der Waals surface area contributed by atoms with Crippen LogP contribution in [0.15, 0.2) is 27.9 Å². The van der Waals surface area contributed by atoms with Crippen molar-refractivity contribution in [1.82, 2.24) is 4.90 Å². The fourth-order valence-electron chi connectivity index (χ4n) is 6.54. The van der Waals surface area contributed by atoms with Crippen LogP contribution in [0.5, 0.6) is 5.75 Å². The Labute approximate surface area is 225 Å². The predicted molar refractivity (Wildman–Crippen MR) is 142 cm³/mol. The molecule has 3 aliphatic rings. The molecule has 4 rings (SSSR count). The lowest BCUT2D eigenvalue weighted by Gasteiger charge is -2.54. The maximum absolute atomic E-state index is 14.1. The molecule has 0 aliphatic heterocycles. The van der Waals surface area contributed by atoms with E-state index in [1.54, 1.807) is 6.92 Å². The summed E-state index contributed by atoms with van der Waals surface area (Å²) >= 11 is 1.39. The molecular formula is C27H36N2O8S. The summed E-state index contributed by atoms with van der Waals surface area (Å²) in [5.41, 5.74) is 2.14. The number of hydrogen-bond acceptors (Lipinski definition) is 11. The second-order valence-electron chi connectivity index (χ2n) is 11.7. The molecular weight excluding hydrogens is 512 g/mol. The van der Waals surface area contributed by atoms with Gasteiger partial charge in [0.2, 0.25) is 5.78 Å². The fraction of sp³-hybridized carbons (Fsp3) is 0.556. The molecule has 0 radical (unpaired) electrons. The summed E-state index contributed by atoms with van der Waals surface area (Å²) in [6.07, 6.45) is -1.76. The largest absolute Gasteiger partial charge is 0.508 e. The molecule has 0 saturated heterocycles. The van der Waals surface area contributed by atoms with Crippen molar-refractivity contribution in [2.45, 2.75) is 67.9 Å². The summed E-state index contributed by atoms with van der Waals surface area (Å²) in [5.74, 6) is -7.19. The predicted octanol–water partition coefficient (Wildman–Crippen LogP) is 1.31. The van der Waals surface area contributed by atoms with Crippen LogP contribution in [-0.2, 0) is 15.0 Å². The van der Waals surface area contributed by atoms with Crippen LogP contribution in [0.4, 0.5) is 0 Å². The maximum atomic E-state index is 14.1. The highest BCUT2D eigenvalue weighted by Gasteiger charge is 2.68. The number of benzene rings is 1. The van der Waals surface area contributed by atoms with Crippen molar-refractivity contribution >= 4 is 29.1 Å². The number of phenols is 1. The van der Waals surface area contributed by atoms with Gasteiger partial charge in [-0.05, 0) is 43.3 Å². The van der Waals surface area contributed by atoms with Crippen molar-refractivity contribution in [2.75, 3.05) is 20.4 Å². The molecule has 0 heterocycles. The van der Waals surface area contributed by atoms with E-state index >= 15 is 0 Å². The Morgan fingerprint density at radius 1 is 1.16 bits per heavy atom. The number of aliphatic hydroxyl groups excluding tert-OH is 4. The van der Waals surface area contributed by atoms with E-state index < -0.39 is 75.8 Å². The van der Waals surface area contributed by atoms with Crippen molar-refractivity contribution in [3.05, 3.63) is 39.7 Å². The highest BCUT2D eigenvalue weighted by atomic mass is 32.2. The number of Topliss-reactive ketones (excluding diaryl/α,β-unsaturated/α-hetero) is 2. The molecule has 10 nitrogen and oxygen atoms in total. The Hall–Kier alpha value is -2.41. The van der Waals surface area contributed by atoms with Gasteiger partial charge >= 0.3 is 0 Å². The molecule has 7 atom stereocenters. The standard InChI is InChI=1S/C27H36N2O8S/c1-9-12-11(38-7)8-10(26(2,3)4)19(30)14(12)20(31)15-13(9)21(32)17-18(29(5)6)22(33)16(25(28)36)24(35)27(17,37)23(15)34/h8-9,13,17-18,21,25,30-32,35-37H,28H2,1-7H3/t9-,13+,17+,18-,21-,25?,27-/m0/s1. The van der Waals surface area contributed by atoms with E-state index in [2.05, 4.69) is 0 Å². The lowest BCUT2D eigenvalue weighted by Crippen LogP contribution is -2.70. The third kappa shape index (κ3) is 3.60. The molecule has 0 aromatic heterocycles. The number of nitrogens with zero attached hydrogens (tertiary/aromatic N) is 1. The van der Waals surface area contributed by atoms with Crippen molar-refractivity contribution in [2.24, 2.45) is 17.6 Å². The van der Waals surface area contributed by atoms with Crippen molar-refractivity contribution in [3.8, 4) is 5.75 Å². The normalized spacial score (nSPS) is 32.4. The average Bonchev–Trinajstić information content (AvgIpc) is 2.80. The topological polar surface area (TPSA) is 185 Å². The molecule has 11 heteroatoms. The van der Waals surface area contributed by atoms with Gasteiger partial charge in [-0.1, -0.05) is 27.7 Å². The average molecular weight is 549 g/mol. The summed E-state index contributed by atoms with van der Waals surface area (Å²) < 4.78 is 0. The molecule has 208 valence electrons. The molecule has 38 heavy (non-hydrogen) atoms. The number of carbonyl (C=O) groups excluding carboxylic acids is 2. The molecule has 1 aromatic rings. The minimum absolute atomic E-state index is 0.0294. The third-order valence-electron chi connectivity index (χ3n) is 8.30. The van der Waals surface area contributed by atoms with E-state index in [4.69, 9.17) is 5.73 Å². The molecule has 1 saturated carbocycles. The van der Waals surface area contributed by atoms with Crippen molar-refractivity contribution in [1.29, 1.82) is 0 Å². The van der Waals surface area contributed by atoms with Gasteiger partial charge in [0.05, 0.1) is 29.2 Å². The van der Waals surface area contributed by atoms with Gasteiger partial charge in [-0.15, -0.1) is 11.8 Å². The van der Waals surface area contributed by atoms with E-state index in [0.29, 0.717) is 11.1 Å². The van der Waals surface area contributed by atoms with Gasteiger partial charge in [-0.3, -0.25) is 14.5 Å². The van der Waals surface area contributed by atoms with Crippen LogP contribution in [0.2, 0.25) is 0 Å². The fourth-order valence-corrected chi connectivity index (χ4v) is 7.28. The lowest BCUT2D eigenvalue weighted by atomic mass is 9.54. The van der Waals surface area contributed by atoms with Crippen LogP contribution in [0.3, 0.4) is 0 Å². The Morgan fingerprint density at radius 3 is 2.21 bits per heavy atom. The number of likely N-dealkylation sites (N-methyl/N-ethyl adjacent to an activating group) is 1. The molecule has 0 spiro atoms.